The van der Waals surface area contributed by atoms with Crippen LogP contribution in [-0.2, 0) is 4.79 Å². The predicted molar refractivity (Wildman–Crippen MR) is 74.6 cm³/mol. The summed E-state index contributed by atoms with van der Waals surface area (Å²) in [6.45, 7) is 0. The lowest BCUT2D eigenvalue weighted by molar-refractivity contribution is -0.140. The quantitative estimate of drug-likeness (QED) is 0.923. The maximum atomic E-state index is 11.5. The smallest absolute Gasteiger partial charge is 0.311 e. The molecule has 17 heavy (non-hydrogen) atoms. The molecule has 1 N–H and O–H groups in total. The molecule has 2 nitrogen and oxygen atoms in total. The average molecular weight is 315 g/mol. The maximum absolute atomic E-state index is 11.5. The lowest BCUT2D eigenvalue weighted by Crippen LogP contribution is -2.25. The minimum atomic E-state index is -0.694. The summed E-state index contributed by atoms with van der Waals surface area (Å²) in [4.78, 5) is 11.5. The lowest BCUT2D eigenvalue weighted by Gasteiger charge is -2.27. The summed E-state index contributed by atoms with van der Waals surface area (Å²) in [7, 11) is 0. The summed E-state index contributed by atoms with van der Waals surface area (Å²) in [5.41, 5.74) is 0.920. The molecule has 0 aliphatic carbocycles. The number of benzene rings is 1. The van der Waals surface area contributed by atoms with E-state index in [4.69, 9.17) is 0 Å². The van der Waals surface area contributed by atoms with Gasteiger partial charge in [0.2, 0.25) is 0 Å². The molecule has 1 fully saturated rings. The van der Waals surface area contributed by atoms with Crippen LogP contribution in [0.25, 0.3) is 0 Å². The first-order valence-corrected chi connectivity index (χ1v) is 7.69. The molecule has 0 bridgehead atoms. The van der Waals surface area contributed by atoms with E-state index in [1.807, 2.05) is 36.0 Å². The molecule has 1 aromatic rings. The summed E-state index contributed by atoms with van der Waals surface area (Å²) >= 11 is 5.33. The number of halogens is 1. The van der Waals surface area contributed by atoms with Crippen LogP contribution < -0.4 is 0 Å². The molecule has 1 aliphatic heterocycles. The van der Waals surface area contributed by atoms with Crippen molar-refractivity contribution in [2.45, 2.75) is 18.8 Å². The molecule has 1 atom stereocenters. The second kappa shape index (κ2) is 5.91. The molecule has 1 aromatic carbocycles. The van der Waals surface area contributed by atoms with Crippen molar-refractivity contribution in [3.63, 3.8) is 0 Å². The number of rotatable bonds is 3. The van der Waals surface area contributed by atoms with Crippen molar-refractivity contribution in [2.24, 2.45) is 5.92 Å². The van der Waals surface area contributed by atoms with Crippen LogP contribution in [0.5, 0.6) is 0 Å². The highest BCUT2D eigenvalue weighted by molar-refractivity contribution is 9.10. The van der Waals surface area contributed by atoms with E-state index in [1.54, 1.807) is 0 Å². The molecule has 0 saturated carbocycles. The molecule has 2 rings (SSSR count). The summed E-state index contributed by atoms with van der Waals surface area (Å²) in [5, 5.41) is 9.45. The van der Waals surface area contributed by atoms with Gasteiger partial charge < -0.3 is 5.11 Å². The minimum absolute atomic E-state index is 0.281. The van der Waals surface area contributed by atoms with Gasteiger partial charge in [0, 0.05) is 4.47 Å². The second-order valence-corrected chi connectivity index (χ2v) is 6.46. The maximum Gasteiger partial charge on any atom is 0.311 e. The Labute approximate surface area is 114 Å². The number of hydrogen-bond acceptors (Lipinski definition) is 2. The molecule has 1 heterocycles. The molecular weight excluding hydrogens is 300 g/mol. The zero-order valence-corrected chi connectivity index (χ0v) is 11.8. The number of carbonyl (C=O) groups is 1. The third-order valence-electron chi connectivity index (χ3n) is 3.21. The number of thioether (sulfide) groups is 1. The van der Waals surface area contributed by atoms with Gasteiger partial charge >= 0.3 is 5.97 Å². The fourth-order valence-corrected chi connectivity index (χ4v) is 3.93. The van der Waals surface area contributed by atoms with Crippen molar-refractivity contribution < 1.29 is 9.90 Å². The van der Waals surface area contributed by atoms with Crippen molar-refractivity contribution in [3.8, 4) is 0 Å². The molecule has 0 amide bonds. The Morgan fingerprint density at radius 3 is 2.71 bits per heavy atom. The van der Waals surface area contributed by atoms with Gasteiger partial charge in [-0.25, -0.2) is 0 Å². The average Bonchev–Trinajstić information content (AvgIpc) is 2.30. The van der Waals surface area contributed by atoms with Crippen molar-refractivity contribution in [2.75, 3.05) is 11.5 Å². The van der Waals surface area contributed by atoms with E-state index < -0.39 is 5.97 Å². The van der Waals surface area contributed by atoms with Crippen molar-refractivity contribution in [3.05, 3.63) is 34.3 Å². The number of aliphatic carboxylic acids is 1. The monoisotopic (exact) mass is 314 g/mol. The Hall–Kier alpha value is -0.480. The Bertz CT molecular complexity index is 402. The molecule has 0 radical (unpaired) electrons. The summed E-state index contributed by atoms with van der Waals surface area (Å²) in [5.74, 6) is 1.40. The lowest BCUT2D eigenvalue weighted by atomic mass is 9.82. The molecule has 1 unspecified atom stereocenters. The van der Waals surface area contributed by atoms with Crippen LogP contribution in [-0.4, -0.2) is 22.6 Å². The fourth-order valence-electron chi connectivity index (χ4n) is 2.37. The van der Waals surface area contributed by atoms with Crippen LogP contribution in [0.2, 0.25) is 0 Å². The summed E-state index contributed by atoms with van der Waals surface area (Å²) in [6.07, 6.45) is 2.02. The van der Waals surface area contributed by atoms with Gasteiger partial charge in [0.25, 0.3) is 0 Å². The normalized spacial score (nSPS) is 18.9. The third-order valence-corrected chi connectivity index (χ3v) is 4.75. The van der Waals surface area contributed by atoms with Crippen molar-refractivity contribution >= 4 is 33.7 Å². The van der Waals surface area contributed by atoms with Gasteiger partial charge in [0.15, 0.2) is 0 Å². The van der Waals surface area contributed by atoms with Gasteiger partial charge in [0.1, 0.15) is 0 Å². The minimum Gasteiger partial charge on any atom is -0.481 e. The van der Waals surface area contributed by atoms with E-state index in [9.17, 15) is 9.90 Å². The Morgan fingerprint density at radius 2 is 2.12 bits per heavy atom. The van der Waals surface area contributed by atoms with Crippen LogP contribution in [0.1, 0.15) is 24.3 Å². The van der Waals surface area contributed by atoms with Crippen LogP contribution in [0.4, 0.5) is 0 Å². The molecule has 0 spiro atoms. The largest absolute Gasteiger partial charge is 0.481 e. The SMILES string of the molecule is O=C(O)C(c1cccc(Br)c1)C1CCSCC1. The standard InChI is InChI=1S/C13H15BrO2S/c14-11-3-1-2-10(8-11)12(13(15)16)9-4-6-17-7-5-9/h1-3,8-9,12H,4-7H2,(H,15,16). The van der Waals surface area contributed by atoms with Crippen molar-refractivity contribution in [1.82, 2.24) is 0 Å². The Kier molecular flexibility index (Phi) is 4.51. The Balaban J connectivity index is 2.25. The second-order valence-electron chi connectivity index (χ2n) is 4.32. The van der Waals surface area contributed by atoms with Crippen LogP contribution in [0, 0.1) is 5.92 Å². The van der Waals surface area contributed by atoms with E-state index in [-0.39, 0.29) is 11.8 Å². The van der Waals surface area contributed by atoms with E-state index in [1.165, 1.54) is 0 Å². The first-order chi connectivity index (χ1) is 8.18. The van der Waals surface area contributed by atoms with Crippen LogP contribution >= 0.6 is 27.7 Å². The molecule has 1 saturated heterocycles. The third kappa shape index (κ3) is 3.26. The van der Waals surface area contributed by atoms with E-state index in [2.05, 4.69) is 15.9 Å². The summed E-state index contributed by atoms with van der Waals surface area (Å²) in [6, 6.07) is 7.69. The molecule has 4 heteroatoms. The Morgan fingerprint density at radius 1 is 1.41 bits per heavy atom. The van der Waals surface area contributed by atoms with Gasteiger partial charge in [0.05, 0.1) is 5.92 Å². The van der Waals surface area contributed by atoms with Crippen molar-refractivity contribution in [1.29, 1.82) is 0 Å². The topological polar surface area (TPSA) is 37.3 Å². The fraction of sp³-hybridized carbons (Fsp3) is 0.462. The van der Waals surface area contributed by atoms with E-state index >= 15 is 0 Å². The first kappa shape index (κ1) is 13.0. The highest BCUT2D eigenvalue weighted by atomic mass is 79.9. The molecular formula is C13H15BrO2S. The zero-order valence-electron chi connectivity index (χ0n) is 9.43. The molecule has 1 aliphatic rings. The highest BCUT2D eigenvalue weighted by Gasteiger charge is 2.30. The molecule has 92 valence electrons. The highest BCUT2D eigenvalue weighted by Crippen LogP contribution is 2.36. The number of carboxylic acids is 1. The summed E-state index contributed by atoms with van der Waals surface area (Å²) < 4.78 is 0.950. The zero-order chi connectivity index (χ0) is 12.3. The van der Waals surface area contributed by atoms with Crippen LogP contribution in [0.3, 0.4) is 0 Å². The van der Waals surface area contributed by atoms with Gasteiger partial charge in [-0.1, -0.05) is 28.1 Å². The first-order valence-electron chi connectivity index (χ1n) is 5.74. The number of carboxylic acid groups (broad SMARTS) is 1. The number of hydrogen-bond donors (Lipinski definition) is 1. The van der Waals surface area contributed by atoms with Gasteiger partial charge in [-0.05, 0) is 48.0 Å². The van der Waals surface area contributed by atoms with E-state index in [0.29, 0.717) is 0 Å². The van der Waals surface area contributed by atoms with Gasteiger partial charge in [-0.2, -0.15) is 11.8 Å². The molecule has 0 aromatic heterocycles. The van der Waals surface area contributed by atoms with Gasteiger partial charge in [-0.3, -0.25) is 4.79 Å². The van der Waals surface area contributed by atoms with E-state index in [0.717, 1.165) is 34.4 Å². The van der Waals surface area contributed by atoms with Crippen LogP contribution in [0.15, 0.2) is 28.7 Å². The predicted octanol–water partition coefficient (Wildman–Crippen LogP) is 3.76. The van der Waals surface area contributed by atoms with Gasteiger partial charge in [-0.15, -0.1) is 0 Å².